The van der Waals surface area contributed by atoms with Gasteiger partial charge in [0.2, 0.25) is 0 Å². The summed E-state index contributed by atoms with van der Waals surface area (Å²) < 4.78 is 66.2. The quantitative estimate of drug-likeness (QED) is 0.0885. The van der Waals surface area contributed by atoms with Gasteiger partial charge >= 0.3 is 18.1 Å². The summed E-state index contributed by atoms with van der Waals surface area (Å²) in [5.74, 6) is 1.50. The van der Waals surface area contributed by atoms with Crippen LogP contribution in [0, 0.1) is 0 Å². The van der Waals surface area contributed by atoms with Crippen LogP contribution in [0.5, 0.6) is 23.0 Å². The van der Waals surface area contributed by atoms with Crippen molar-refractivity contribution in [2.24, 2.45) is 0 Å². The minimum Gasteiger partial charge on any atom is -0.490 e. The molecule has 0 amide bonds. The molecule has 248 valence electrons. The fraction of sp³-hybridized carbons (Fsp3) is 0.297. The minimum absolute atomic E-state index is 0.151. The van der Waals surface area contributed by atoms with Gasteiger partial charge in [-0.05, 0) is 110 Å². The van der Waals surface area contributed by atoms with E-state index in [9.17, 15) is 22.8 Å². The summed E-state index contributed by atoms with van der Waals surface area (Å²) in [7, 11) is 2.71. The van der Waals surface area contributed by atoms with Gasteiger partial charge in [-0.1, -0.05) is 30.3 Å². The topological polar surface area (TPSA) is 80.3 Å². The monoisotopic (exact) mass is 650 g/mol. The van der Waals surface area contributed by atoms with E-state index in [2.05, 4.69) is 0 Å². The molecule has 7 nitrogen and oxygen atoms in total. The Balaban J connectivity index is 1.34. The van der Waals surface area contributed by atoms with E-state index >= 15 is 0 Å². The number of hydrogen-bond acceptors (Lipinski definition) is 7. The first-order valence-electron chi connectivity index (χ1n) is 15.2. The molecule has 47 heavy (non-hydrogen) atoms. The molecule has 0 fully saturated rings. The van der Waals surface area contributed by atoms with Crippen molar-refractivity contribution in [2.45, 2.75) is 57.4 Å². The number of carbonyl (C=O) groups is 2. The molecule has 0 saturated carbocycles. The third-order valence-electron chi connectivity index (χ3n) is 7.41. The highest BCUT2D eigenvalue weighted by Crippen LogP contribution is 2.32. The Morgan fingerprint density at radius 1 is 0.723 bits per heavy atom. The van der Waals surface area contributed by atoms with Crippen molar-refractivity contribution < 1.29 is 46.4 Å². The molecule has 0 spiro atoms. The van der Waals surface area contributed by atoms with Crippen LogP contribution in [-0.2, 0) is 33.5 Å². The van der Waals surface area contributed by atoms with E-state index in [0.717, 1.165) is 41.9 Å². The number of para-hydroxylation sites is 1. The van der Waals surface area contributed by atoms with Crippen LogP contribution in [0.4, 0.5) is 13.2 Å². The summed E-state index contributed by atoms with van der Waals surface area (Å²) in [6.07, 6.45) is -0.664. The number of methoxy groups -OCH3 is 2. The zero-order valence-electron chi connectivity index (χ0n) is 26.3. The first kappa shape index (κ1) is 34.9. The first-order chi connectivity index (χ1) is 22.6. The van der Waals surface area contributed by atoms with Crippen LogP contribution in [0.25, 0.3) is 0 Å². The highest BCUT2D eigenvalue weighted by Gasteiger charge is 2.30. The Labute approximate surface area is 272 Å². The van der Waals surface area contributed by atoms with Gasteiger partial charge in [0.1, 0.15) is 29.6 Å². The number of alkyl halides is 3. The summed E-state index contributed by atoms with van der Waals surface area (Å²) in [5, 5.41) is 0. The van der Waals surface area contributed by atoms with Gasteiger partial charge in [-0.25, -0.2) is 4.79 Å². The van der Waals surface area contributed by atoms with Crippen molar-refractivity contribution in [1.82, 2.24) is 0 Å². The molecule has 0 aromatic heterocycles. The molecule has 1 atom stereocenters. The lowest BCUT2D eigenvalue weighted by atomic mass is 10.0. The third kappa shape index (κ3) is 11.1. The molecule has 0 bridgehead atoms. The fourth-order valence-corrected chi connectivity index (χ4v) is 4.82. The van der Waals surface area contributed by atoms with Crippen LogP contribution in [0.2, 0.25) is 0 Å². The molecule has 4 aromatic carbocycles. The number of carbonyl (C=O) groups excluding carboxylic acids is 2. The van der Waals surface area contributed by atoms with Gasteiger partial charge < -0.3 is 23.7 Å². The van der Waals surface area contributed by atoms with Crippen LogP contribution in [0.1, 0.15) is 59.2 Å². The largest absolute Gasteiger partial charge is 0.490 e. The summed E-state index contributed by atoms with van der Waals surface area (Å²) in [4.78, 5) is 23.4. The van der Waals surface area contributed by atoms with Crippen molar-refractivity contribution in [1.29, 1.82) is 0 Å². The smallest absolute Gasteiger partial charge is 0.416 e. The zero-order chi connectivity index (χ0) is 33.6. The van der Waals surface area contributed by atoms with Crippen molar-refractivity contribution in [3.05, 3.63) is 119 Å². The van der Waals surface area contributed by atoms with Gasteiger partial charge in [-0.2, -0.15) is 13.2 Å². The van der Waals surface area contributed by atoms with E-state index < -0.39 is 17.7 Å². The molecule has 10 heteroatoms. The lowest BCUT2D eigenvalue weighted by Crippen LogP contribution is -2.18. The first-order valence-corrected chi connectivity index (χ1v) is 15.2. The van der Waals surface area contributed by atoms with E-state index in [1.165, 1.54) is 26.4 Å². The SMILES string of the molecule is COC(=O)CCCCC(CCc1ccccc1OCc1ccc(Oc2ccc(C(F)(F)F)cc2)cc1)Oc1ccc(C(=O)OC)cc1. The molecular weight excluding hydrogens is 613 g/mol. The Kier molecular flexibility index (Phi) is 12.7. The van der Waals surface area contributed by atoms with Crippen molar-refractivity contribution in [3.8, 4) is 23.0 Å². The van der Waals surface area contributed by atoms with Gasteiger partial charge in [0.25, 0.3) is 0 Å². The Bertz CT molecular complexity index is 1570. The van der Waals surface area contributed by atoms with E-state index in [0.29, 0.717) is 55.1 Å². The van der Waals surface area contributed by atoms with E-state index in [1.807, 2.05) is 36.4 Å². The number of hydrogen-bond donors (Lipinski definition) is 0. The van der Waals surface area contributed by atoms with Gasteiger partial charge in [0, 0.05) is 6.42 Å². The standard InChI is InChI=1S/C37H37F3O7/c1-43-35(41)10-6-4-8-30(46-32-21-14-28(15-22-32)36(42)44-2)20-13-27-7-3-5-9-34(27)45-25-26-11-18-31(19-12-26)47-33-23-16-29(17-24-33)37(38,39)40/h3,5,7,9,11-12,14-19,21-24,30H,4,6,8,10,13,20,25H2,1-2H3. The molecule has 0 aliphatic heterocycles. The van der Waals surface area contributed by atoms with Crippen LogP contribution in [0.3, 0.4) is 0 Å². The maximum absolute atomic E-state index is 12.8. The van der Waals surface area contributed by atoms with E-state index in [4.69, 9.17) is 23.7 Å². The fourth-order valence-electron chi connectivity index (χ4n) is 4.82. The predicted molar refractivity (Wildman–Crippen MR) is 170 cm³/mol. The summed E-state index contributed by atoms with van der Waals surface area (Å²) in [6.45, 7) is 0.303. The van der Waals surface area contributed by atoms with E-state index in [1.54, 1.807) is 36.4 Å². The molecule has 4 rings (SSSR count). The molecule has 0 radical (unpaired) electrons. The number of ether oxygens (including phenoxy) is 5. The molecule has 0 saturated heterocycles. The van der Waals surface area contributed by atoms with Gasteiger partial charge in [0.15, 0.2) is 0 Å². The highest BCUT2D eigenvalue weighted by atomic mass is 19.4. The number of halogens is 3. The van der Waals surface area contributed by atoms with Crippen molar-refractivity contribution >= 4 is 11.9 Å². The molecule has 0 aliphatic rings. The lowest BCUT2D eigenvalue weighted by molar-refractivity contribution is -0.141. The second kappa shape index (κ2) is 17.1. The lowest BCUT2D eigenvalue weighted by Gasteiger charge is -2.20. The summed E-state index contributed by atoms with van der Waals surface area (Å²) in [6, 6.07) is 26.3. The van der Waals surface area contributed by atoms with Crippen LogP contribution in [-0.4, -0.2) is 32.3 Å². The van der Waals surface area contributed by atoms with Crippen LogP contribution >= 0.6 is 0 Å². The van der Waals surface area contributed by atoms with Crippen LogP contribution < -0.4 is 14.2 Å². The second-order valence-electron chi connectivity index (χ2n) is 10.8. The Hall–Kier alpha value is -4.99. The van der Waals surface area contributed by atoms with Crippen molar-refractivity contribution in [2.75, 3.05) is 14.2 Å². The number of unbranched alkanes of at least 4 members (excludes halogenated alkanes) is 1. The maximum Gasteiger partial charge on any atom is 0.416 e. The normalized spacial score (nSPS) is 11.8. The van der Waals surface area contributed by atoms with Crippen molar-refractivity contribution in [3.63, 3.8) is 0 Å². The van der Waals surface area contributed by atoms with Gasteiger partial charge in [0.05, 0.1) is 31.5 Å². The van der Waals surface area contributed by atoms with Crippen LogP contribution in [0.15, 0.2) is 97.1 Å². The van der Waals surface area contributed by atoms with Gasteiger partial charge in [-0.15, -0.1) is 0 Å². The van der Waals surface area contributed by atoms with E-state index in [-0.39, 0.29) is 12.1 Å². The third-order valence-corrected chi connectivity index (χ3v) is 7.41. The number of aryl methyl sites for hydroxylation is 1. The Morgan fingerprint density at radius 3 is 2.00 bits per heavy atom. The summed E-state index contributed by atoms with van der Waals surface area (Å²) in [5.41, 5.74) is 1.60. The molecule has 4 aromatic rings. The number of rotatable bonds is 16. The maximum atomic E-state index is 12.8. The molecular formula is C37H37F3O7. The average Bonchev–Trinajstić information content (AvgIpc) is 3.08. The van der Waals surface area contributed by atoms with Gasteiger partial charge in [-0.3, -0.25) is 4.79 Å². The Morgan fingerprint density at radius 2 is 1.36 bits per heavy atom. The highest BCUT2D eigenvalue weighted by molar-refractivity contribution is 5.89. The average molecular weight is 651 g/mol. The minimum atomic E-state index is -4.40. The molecule has 0 aliphatic carbocycles. The second-order valence-corrected chi connectivity index (χ2v) is 10.8. The predicted octanol–water partition coefficient (Wildman–Crippen LogP) is 8.98. The number of esters is 2. The number of benzene rings is 4. The molecule has 0 heterocycles. The molecule has 0 N–H and O–H groups in total. The molecule has 1 unspecified atom stereocenters. The summed E-state index contributed by atoms with van der Waals surface area (Å²) >= 11 is 0. The zero-order valence-corrected chi connectivity index (χ0v) is 26.3.